The Morgan fingerprint density at radius 2 is 0.893 bits per heavy atom. The van der Waals surface area contributed by atoms with Gasteiger partial charge in [0.25, 0.3) is 0 Å². The van der Waals surface area contributed by atoms with Gasteiger partial charge in [-0.3, -0.25) is 0 Å². The molecule has 6 rings (SSSR count). The van der Waals surface area contributed by atoms with E-state index in [1.165, 1.54) is 22.3 Å². The third-order valence-electron chi connectivity index (χ3n) is 12.4. The number of benzene rings is 4. The van der Waals surface area contributed by atoms with Gasteiger partial charge in [-0.1, -0.05) is 104 Å². The van der Waals surface area contributed by atoms with Crippen LogP contribution < -0.4 is 18.9 Å². The summed E-state index contributed by atoms with van der Waals surface area (Å²) in [4.78, 5) is 0. The fraction of sp³-hybridized carbons (Fsp3) is 0.510. The normalized spacial score (nSPS) is 17.6. The largest absolute Gasteiger partial charge is 0.491 e. The summed E-state index contributed by atoms with van der Waals surface area (Å²) >= 11 is 0. The van der Waals surface area contributed by atoms with Crippen molar-refractivity contribution in [1.82, 2.24) is 0 Å². The molecule has 0 bridgehead atoms. The van der Waals surface area contributed by atoms with E-state index in [0.717, 1.165) is 68.3 Å². The quantitative estimate of drug-likeness (QED) is 0.0798. The predicted molar refractivity (Wildman–Crippen MR) is 224 cm³/mol. The lowest BCUT2D eigenvalue weighted by atomic mass is 9.78. The van der Waals surface area contributed by atoms with Crippen molar-refractivity contribution in [2.45, 2.75) is 134 Å². The standard InChI is InChI=1S/C49H64O7/c1-9-48(10-2,55-42-25-17-37(18-26-42)47(7,8)36-15-23-41(24-16-36)52-33-45-34-54-45)29-39(50)31-51-40-21-13-35(14-22-40)46(5,6)38-19-27-43(28-20-38)56-49(11-3,12-4)30-44-32-53-44/h13-28,39,44-45,50H,9-12,29-34H2,1-8H3. The van der Waals surface area contributed by atoms with E-state index >= 15 is 0 Å². The van der Waals surface area contributed by atoms with Crippen molar-refractivity contribution in [2.24, 2.45) is 0 Å². The molecule has 0 aromatic heterocycles. The van der Waals surface area contributed by atoms with Crippen LogP contribution in [-0.2, 0) is 20.3 Å². The van der Waals surface area contributed by atoms with Gasteiger partial charge in [-0.15, -0.1) is 0 Å². The van der Waals surface area contributed by atoms with Gasteiger partial charge < -0.3 is 33.5 Å². The van der Waals surface area contributed by atoms with Gasteiger partial charge in [0.15, 0.2) is 0 Å². The number of ether oxygens (including phenoxy) is 6. The molecule has 0 spiro atoms. The van der Waals surface area contributed by atoms with Crippen molar-refractivity contribution in [3.63, 3.8) is 0 Å². The highest BCUT2D eigenvalue weighted by Gasteiger charge is 2.38. The van der Waals surface area contributed by atoms with E-state index in [1.807, 2.05) is 36.4 Å². The first-order chi connectivity index (χ1) is 26.8. The van der Waals surface area contributed by atoms with E-state index in [0.29, 0.717) is 19.1 Å². The third kappa shape index (κ3) is 10.3. The lowest BCUT2D eigenvalue weighted by Crippen LogP contribution is -2.40. The maximum Gasteiger partial charge on any atom is 0.120 e. The van der Waals surface area contributed by atoms with E-state index in [-0.39, 0.29) is 29.1 Å². The van der Waals surface area contributed by atoms with Gasteiger partial charge in [0.2, 0.25) is 0 Å². The average Bonchev–Trinajstić information content (AvgIpc) is 4.17. The van der Waals surface area contributed by atoms with Gasteiger partial charge in [0.05, 0.1) is 25.4 Å². The second-order valence-corrected chi connectivity index (χ2v) is 16.9. The zero-order valence-electron chi connectivity index (χ0n) is 34.9. The van der Waals surface area contributed by atoms with E-state index in [2.05, 4.69) is 116 Å². The van der Waals surface area contributed by atoms with Crippen LogP contribution in [0.2, 0.25) is 0 Å². The molecule has 4 aromatic rings. The van der Waals surface area contributed by atoms with Gasteiger partial charge in [0.1, 0.15) is 53.5 Å². The van der Waals surface area contributed by atoms with Crippen molar-refractivity contribution in [2.75, 3.05) is 26.4 Å². The molecule has 2 aliphatic rings. The minimum Gasteiger partial charge on any atom is -0.491 e. The number of hydrogen-bond donors (Lipinski definition) is 1. The van der Waals surface area contributed by atoms with Crippen LogP contribution in [-0.4, -0.2) is 61.0 Å². The average molecular weight is 765 g/mol. The van der Waals surface area contributed by atoms with Crippen LogP contribution in [0.4, 0.5) is 0 Å². The van der Waals surface area contributed by atoms with Crippen LogP contribution in [0.15, 0.2) is 97.1 Å². The van der Waals surface area contributed by atoms with Gasteiger partial charge in [-0.25, -0.2) is 0 Å². The molecule has 7 nitrogen and oxygen atoms in total. The fourth-order valence-corrected chi connectivity index (χ4v) is 7.73. The number of aliphatic hydroxyl groups excluding tert-OH is 1. The number of aliphatic hydroxyl groups is 1. The Labute approximate surface area is 335 Å². The highest BCUT2D eigenvalue weighted by Crippen LogP contribution is 2.38. The summed E-state index contributed by atoms with van der Waals surface area (Å²) in [5.41, 5.74) is 3.67. The van der Waals surface area contributed by atoms with Crippen LogP contribution in [0.25, 0.3) is 0 Å². The monoisotopic (exact) mass is 764 g/mol. The number of rotatable bonds is 22. The summed E-state index contributed by atoms with van der Waals surface area (Å²) in [5, 5.41) is 11.2. The van der Waals surface area contributed by atoms with E-state index in [9.17, 15) is 5.11 Å². The van der Waals surface area contributed by atoms with Gasteiger partial charge in [-0.05, 0) is 96.5 Å². The Morgan fingerprint density at radius 1 is 0.536 bits per heavy atom. The summed E-state index contributed by atoms with van der Waals surface area (Å²) in [5.74, 6) is 3.29. The second-order valence-electron chi connectivity index (χ2n) is 16.9. The Bertz CT molecular complexity index is 1800. The van der Waals surface area contributed by atoms with Crippen molar-refractivity contribution in [3.8, 4) is 23.0 Å². The molecule has 0 aliphatic carbocycles. The van der Waals surface area contributed by atoms with Crippen LogP contribution in [0.5, 0.6) is 23.0 Å². The van der Waals surface area contributed by atoms with Gasteiger partial charge in [-0.2, -0.15) is 0 Å². The molecular formula is C49H64O7. The Hall–Kier alpha value is -4.04. The molecular weight excluding hydrogens is 701 g/mol. The first-order valence-electron chi connectivity index (χ1n) is 20.8. The summed E-state index contributed by atoms with van der Waals surface area (Å²) in [6.45, 7) is 20.0. The van der Waals surface area contributed by atoms with E-state index < -0.39 is 11.7 Å². The predicted octanol–water partition coefficient (Wildman–Crippen LogP) is 10.6. The number of epoxide rings is 2. The summed E-state index contributed by atoms with van der Waals surface area (Å²) in [7, 11) is 0. The Morgan fingerprint density at radius 3 is 1.27 bits per heavy atom. The van der Waals surface area contributed by atoms with E-state index in [1.54, 1.807) is 0 Å². The molecule has 56 heavy (non-hydrogen) atoms. The van der Waals surface area contributed by atoms with Crippen molar-refractivity contribution in [3.05, 3.63) is 119 Å². The Kier molecular flexibility index (Phi) is 13.1. The first kappa shape index (κ1) is 41.6. The number of hydrogen-bond acceptors (Lipinski definition) is 7. The molecule has 0 saturated carbocycles. The molecule has 2 aliphatic heterocycles. The lowest BCUT2D eigenvalue weighted by molar-refractivity contribution is -0.00986. The fourth-order valence-electron chi connectivity index (χ4n) is 7.73. The van der Waals surface area contributed by atoms with Crippen molar-refractivity contribution < 1.29 is 33.5 Å². The second kappa shape index (κ2) is 17.6. The van der Waals surface area contributed by atoms with Gasteiger partial charge >= 0.3 is 0 Å². The molecule has 4 aromatic carbocycles. The smallest absolute Gasteiger partial charge is 0.120 e. The Balaban J connectivity index is 1.01. The zero-order valence-corrected chi connectivity index (χ0v) is 34.9. The summed E-state index contributed by atoms with van der Waals surface area (Å²) < 4.78 is 36.0. The molecule has 0 amide bonds. The molecule has 2 saturated heterocycles. The summed E-state index contributed by atoms with van der Waals surface area (Å²) in [6, 6.07) is 33.5. The molecule has 2 heterocycles. The first-order valence-corrected chi connectivity index (χ1v) is 20.8. The van der Waals surface area contributed by atoms with Crippen LogP contribution >= 0.6 is 0 Å². The molecule has 7 heteroatoms. The topological polar surface area (TPSA) is 82.2 Å². The molecule has 302 valence electrons. The van der Waals surface area contributed by atoms with Gasteiger partial charge in [0, 0.05) is 23.7 Å². The maximum absolute atomic E-state index is 11.2. The molecule has 3 atom stereocenters. The van der Waals surface area contributed by atoms with Crippen LogP contribution in [0, 0.1) is 0 Å². The molecule has 2 fully saturated rings. The highest BCUT2D eigenvalue weighted by atomic mass is 16.6. The van der Waals surface area contributed by atoms with E-state index in [4.69, 9.17) is 28.4 Å². The zero-order chi connectivity index (χ0) is 40.0. The molecule has 1 N–H and O–H groups in total. The van der Waals surface area contributed by atoms with Crippen LogP contribution in [0.3, 0.4) is 0 Å². The maximum atomic E-state index is 11.2. The molecule has 0 radical (unpaired) electrons. The van der Waals surface area contributed by atoms with Crippen molar-refractivity contribution >= 4 is 0 Å². The lowest BCUT2D eigenvalue weighted by Gasteiger charge is -2.35. The minimum absolute atomic E-state index is 0.185. The minimum atomic E-state index is -0.690. The van der Waals surface area contributed by atoms with Crippen molar-refractivity contribution in [1.29, 1.82) is 0 Å². The molecule has 3 unspecified atom stereocenters. The SMILES string of the molecule is CCC(CC)(CC(O)COc1ccc(C(C)(C)c2ccc(OC(CC)(CC)CC3CO3)cc2)cc1)Oc1ccc(C(C)(C)c2ccc(OCC3CO3)cc2)cc1. The third-order valence-corrected chi connectivity index (χ3v) is 12.4. The highest BCUT2D eigenvalue weighted by molar-refractivity contribution is 5.43. The van der Waals surface area contributed by atoms with Crippen LogP contribution in [0.1, 0.15) is 116 Å². The summed E-state index contributed by atoms with van der Waals surface area (Å²) in [6.07, 6.45) is 4.70.